The van der Waals surface area contributed by atoms with E-state index in [1.807, 2.05) is 12.1 Å². The fourth-order valence-corrected chi connectivity index (χ4v) is 3.61. The monoisotopic (exact) mass is 302 g/mol. The van der Waals surface area contributed by atoms with E-state index in [1.54, 1.807) is 12.4 Å². The molecule has 2 rings (SSSR count). The summed E-state index contributed by atoms with van der Waals surface area (Å²) in [5.41, 5.74) is 1.12. The molecular weight excluding hydrogens is 284 g/mol. The van der Waals surface area contributed by atoms with Crippen molar-refractivity contribution in [3.63, 3.8) is 0 Å². The molecule has 106 valence electrons. The van der Waals surface area contributed by atoms with E-state index in [-0.39, 0.29) is 11.2 Å². The van der Waals surface area contributed by atoms with Crippen molar-refractivity contribution >= 4 is 21.6 Å². The first kappa shape index (κ1) is 14.8. The van der Waals surface area contributed by atoms with Gasteiger partial charge < -0.3 is 0 Å². The fraction of sp³-hybridized carbons (Fsp3) is 0.615. The number of aryl methyl sites for hydroxylation is 1. The van der Waals surface area contributed by atoms with Crippen molar-refractivity contribution in [2.75, 3.05) is 18.2 Å². The van der Waals surface area contributed by atoms with E-state index in [1.165, 1.54) is 0 Å². The van der Waals surface area contributed by atoms with Gasteiger partial charge in [-0.05, 0) is 48.8 Å². The molecule has 0 aromatic carbocycles. The Morgan fingerprint density at radius 2 is 2.00 bits per heavy atom. The van der Waals surface area contributed by atoms with Crippen molar-refractivity contribution in [3.8, 4) is 0 Å². The predicted octanol–water partition coefficient (Wildman–Crippen LogP) is 1.95. The lowest BCUT2D eigenvalue weighted by Gasteiger charge is -2.14. The standard InChI is InChI=1S/C13H19ClN2O2S/c14-7-6-13(4-5-13)11-16-19(17,18)10-3-12-1-8-15-9-2-12/h1-2,8-9,16H,3-7,10-11H2. The van der Waals surface area contributed by atoms with Gasteiger partial charge in [0.1, 0.15) is 0 Å². The number of hydrogen-bond acceptors (Lipinski definition) is 3. The quantitative estimate of drug-likeness (QED) is 0.747. The number of pyridine rings is 1. The van der Waals surface area contributed by atoms with Crippen LogP contribution in [0.15, 0.2) is 24.5 Å². The summed E-state index contributed by atoms with van der Waals surface area (Å²) in [5.74, 6) is 0.715. The molecule has 1 fully saturated rings. The second-order valence-electron chi connectivity index (χ2n) is 5.18. The molecule has 1 N–H and O–H groups in total. The second-order valence-corrected chi connectivity index (χ2v) is 7.49. The predicted molar refractivity (Wildman–Crippen MR) is 76.7 cm³/mol. The van der Waals surface area contributed by atoms with Gasteiger partial charge in [-0.2, -0.15) is 0 Å². The molecule has 1 aromatic heterocycles. The highest BCUT2D eigenvalue weighted by Crippen LogP contribution is 2.48. The Hall–Kier alpha value is -0.650. The molecule has 0 spiro atoms. The summed E-state index contributed by atoms with van der Waals surface area (Å²) >= 11 is 5.73. The van der Waals surface area contributed by atoms with E-state index in [0.717, 1.165) is 24.8 Å². The highest BCUT2D eigenvalue weighted by molar-refractivity contribution is 7.89. The molecule has 0 amide bonds. The maximum atomic E-state index is 11.9. The van der Waals surface area contributed by atoms with Crippen LogP contribution in [0.1, 0.15) is 24.8 Å². The summed E-state index contributed by atoms with van der Waals surface area (Å²) in [6, 6.07) is 3.68. The summed E-state index contributed by atoms with van der Waals surface area (Å²) in [6.45, 7) is 0.526. The van der Waals surface area contributed by atoms with Crippen LogP contribution in [0.3, 0.4) is 0 Å². The first-order valence-corrected chi connectivity index (χ1v) is 8.66. The fourth-order valence-electron chi connectivity index (χ4n) is 2.03. The minimum Gasteiger partial charge on any atom is -0.265 e. The molecule has 1 aliphatic rings. The molecule has 0 unspecified atom stereocenters. The number of sulfonamides is 1. The van der Waals surface area contributed by atoms with Crippen LogP contribution in [0.25, 0.3) is 0 Å². The van der Waals surface area contributed by atoms with Gasteiger partial charge in [-0.15, -0.1) is 11.6 Å². The highest BCUT2D eigenvalue weighted by atomic mass is 35.5. The van der Waals surface area contributed by atoms with Crippen LogP contribution < -0.4 is 4.72 Å². The normalized spacial score (nSPS) is 17.3. The Labute approximate surface area is 119 Å². The number of alkyl halides is 1. The van der Waals surface area contributed by atoms with Gasteiger partial charge in [0.15, 0.2) is 0 Å². The van der Waals surface area contributed by atoms with Crippen LogP contribution in [-0.4, -0.2) is 31.6 Å². The summed E-state index contributed by atoms with van der Waals surface area (Å²) in [4.78, 5) is 3.91. The molecule has 0 radical (unpaired) electrons. The van der Waals surface area contributed by atoms with E-state index < -0.39 is 10.0 Å². The number of nitrogens with zero attached hydrogens (tertiary/aromatic N) is 1. The lowest BCUT2D eigenvalue weighted by molar-refractivity contribution is 0.478. The number of nitrogens with one attached hydrogen (secondary N) is 1. The van der Waals surface area contributed by atoms with E-state index >= 15 is 0 Å². The van der Waals surface area contributed by atoms with Crippen LogP contribution in [0.4, 0.5) is 0 Å². The maximum absolute atomic E-state index is 11.9. The van der Waals surface area contributed by atoms with Crippen molar-refractivity contribution in [1.82, 2.24) is 9.71 Å². The third-order valence-electron chi connectivity index (χ3n) is 3.66. The van der Waals surface area contributed by atoms with Crippen molar-refractivity contribution in [1.29, 1.82) is 0 Å². The van der Waals surface area contributed by atoms with Crippen molar-refractivity contribution < 1.29 is 8.42 Å². The summed E-state index contributed by atoms with van der Waals surface area (Å²) in [5, 5.41) is 0. The molecule has 0 saturated heterocycles. The molecule has 1 saturated carbocycles. The molecule has 0 atom stereocenters. The van der Waals surface area contributed by atoms with Crippen LogP contribution in [-0.2, 0) is 16.4 Å². The smallest absolute Gasteiger partial charge is 0.211 e. The highest BCUT2D eigenvalue weighted by Gasteiger charge is 2.42. The lowest BCUT2D eigenvalue weighted by atomic mass is 10.1. The van der Waals surface area contributed by atoms with E-state index in [4.69, 9.17) is 11.6 Å². The molecule has 6 heteroatoms. The minimum atomic E-state index is -3.20. The molecule has 4 nitrogen and oxygen atoms in total. The number of rotatable bonds is 8. The zero-order valence-corrected chi connectivity index (χ0v) is 12.4. The van der Waals surface area contributed by atoms with Gasteiger partial charge in [0.2, 0.25) is 10.0 Å². The van der Waals surface area contributed by atoms with Crippen LogP contribution in [0.2, 0.25) is 0 Å². The molecule has 1 heterocycles. The third kappa shape index (κ3) is 4.75. The molecule has 1 aromatic rings. The number of aromatic nitrogens is 1. The van der Waals surface area contributed by atoms with Gasteiger partial charge in [-0.1, -0.05) is 0 Å². The average molecular weight is 303 g/mol. The van der Waals surface area contributed by atoms with E-state index in [0.29, 0.717) is 18.8 Å². The lowest BCUT2D eigenvalue weighted by Crippen LogP contribution is -2.32. The minimum absolute atomic E-state index is 0.119. The maximum Gasteiger partial charge on any atom is 0.211 e. The molecular formula is C13H19ClN2O2S. The Bertz CT molecular complexity index is 501. The molecule has 0 bridgehead atoms. The average Bonchev–Trinajstić information content (AvgIpc) is 3.17. The van der Waals surface area contributed by atoms with E-state index in [2.05, 4.69) is 9.71 Å². The number of halogens is 1. The Kier molecular flexibility index (Phi) is 4.81. The van der Waals surface area contributed by atoms with Crippen molar-refractivity contribution in [2.45, 2.75) is 25.7 Å². The van der Waals surface area contributed by atoms with Gasteiger partial charge >= 0.3 is 0 Å². The van der Waals surface area contributed by atoms with Gasteiger partial charge in [0, 0.05) is 24.8 Å². The van der Waals surface area contributed by atoms with Gasteiger partial charge in [-0.3, -0.25) is 4.98 Å². The summed E-state index contributed by atoms with van der Waals surface area (Å²) in [7, 11) is -3.20. The Morgan fingerprint density at radius 1 is 1.32 bits per heavy atom. The largest absolute Gasteiger partial charge is 0.265 e. The first-order chi connectivity index (χ1) is 9.05. The summed E-state index contributed by atoms with van der Waals surface area (Å²) in [6.07, 6.45) is 6.91. The van der Waals surface area contributed by atoms with Crippen LogP contribution in [0.5, 0.6) is 0 Å². The van der Waals surface area contributed by atoms with Gasteiger partial charge in [-0.25, -0.2) is 13.1 Å². The summed E-state index contributed by atoms with van der Waals surface area (Å²) < 4.78 is 26.6. The van der Waals surface area contributed by atoms with Gasteiger partial charge in [0.05, 0.1) is 5.75 Å². The SMILES string of the molecule is O=S(=O)(CCc1ccncc1)NCC1(CCCl)CC1. The molecule has 1 aliphatic carbocycles. The van der Waals surface area contributed by atoms with E-state index in [9.17, 15) is 8.42 Å². The first-order valence-electron chi connectivity index (χ1n) is 6.48. The third-order valence-corrected chi connectivity index (χ3v) is 5.17. The molecule has 0 aliphatic heterocycles. The van der Waals surface area contributed by atoms with Crippen LogP contribution in [0, 0.1) is 5.41 Å². The molecule has 19 heavy (non-hydrogen) atoms. The Balaban J connectivity index is 1.79. The van der Waals surface area contributed by atoms with Crippen molar-refractivity contribution in [2.24, 2.45) is 5.41 Å². The Morgan fingerprint density at radius 3 is 2.58 bits per heavy atom. The zero-order chi connectivity index (χ0) is 13.8. The number of hydrogen-bond donors (Lipinski definition) is 1. The second kappa shape index (κ2) is 6.20. The van der Waals surface area contributed by atoms with Crippen molar-refractivity contribution in [3.05, 3.63) is 30.1 Å². The van der Waals surface area contributed by atoms with Crippen LogP contribution >= 0.6 is 11.6 Å². The zero-order valence-electron chi connectivity index (χ0n) is 10.8. The topological polar surface area (TPSA) is 59.1 Å². The van der Waals surface area contributed by atoms with Gasteiger partial charge in [0.25, 0.3) is 0 Å².